The van der Waals surface area contributed by atoms with E-state index in [9.17, 15) is 0 Å². The van der Waals surface area contributed by atoms with Crippen LogP contribution in [-0.4, -0.2) is 29.5 Å². The summed E-state index contributed by atoms with van der Waals surface area (Å²) in [6.07, 6.45) is 0. The third-order valence-electron chi connectivity index (χ3n) is 0. The molecule has 0 heterocycles. The Kier molecular flexibility index (Phi) is 38.2. The van der Waals surface area contributed by atoms with Gasteiger partial charge in [0.05, 0.1) is 0 Å². The zero-order chi connectivity index (χ0) is 8.99. The van der Waals surface area contributed by atoms with Crippen molar-refractivity contribution in [3.05, 3.63) is 0 Å². The molecule has 0 aromatic carbocycles. The molecule has 0 aromatic heterocycles. The van der Waals surface area contributed by atoms with Crippen LogP contribution in [0.25, 0.3) is 0 Å². The van der Waals surface area contributed by atoms with E-state index in [0.29, 0.717) is 0 Å². The van der Waals surface area contributed by atoms with E-state index in [0.717, 1.165) is 4.78 Å². The van der Waals surface area contributed by atoms with Crippen LogP contribution < -0.4 is 10.2 Å². The molecule has 0 N–H and O–H groups in total. The molecule has 3 heteroatoms. The van der Waals surface area contributed by atoms with Crippen LogP contribution in [0.1, 0.15) is 27.7 Å². The van der Waals surface area contributed by atoms with Crippen molar-refractivity contribution in [1.82, 2.24) is 0 Å². The Morgan fingerprint density at radius 3 is 1.10 bits per heavy atom. The molecule has 0 atom stereocenters. The maximum absolute atomic E-state index is 8.93. The number of rotatable bonds is 0. The van der Waals surface area contributed by atoms with Gasteiger partial charge in [-0.3, -0.25) is 0 Å². The third-order valence-corrected chi connectivity index (χ3v) is 0. The quantitative estimate of drug-likeness (QED) is 0.457. The molecule has 0 aliphatic heterocycles. The van der Waals surface area contributed by atoms with Crippen molar-refractivity contribution in [2.45, 2.75) is 32.5 Å². The fourth-order valence-electron chi connectivity index (χ4n) is 0. The van der Waals surface area contributed by atoms with Gasteiger partial charge in [0, 0.05) is 0 Å². The summed E-state index contributed by atoms with van der Waals surface area (Å²) in [5, 5.41) is 17.9. The molecule has 0 fully saturated rings. The predicted octanol–water partition coefficient (Wildman–Crippen LogP) is -0.284. The monoisotopic (exact) mass is 160 g/mol. The fourth-order valence-corrected chi connectivity index (χ4v) is 0. The van der Waals surface area contributed by atoms with Crippen LogP contribution in [0.5, 0.6) is 0 Å². The normalized spacial score (nSPS) is 7.30. The first kappa shape index (κ1) is 16.8. The molecule has 0 spiro atoms. The third kappa shape index (κ3) is 2290. The first-order chi connectivity index (χ1) is 4.56. The topological polar surface area (TPSA) is 46.1 Å². The average molecular weight is 160 g/mol. The van der Waals surface area contributed by atoms with Gasteiger partial charge < -0.3 is 10.2 Å². The average Bonchev–Trinajstić information content (AvgIpc) is 1.65. The molecular formula is C7H17AlO2. The van der Waals surface area contributed by atoms with Crippen LogP contribution in [-0.2, 0) is 0 Å². The van der Waals surface area contributed by atoms with Gasteiger partial charge in [0.15, 0.2) is 0 Å². The van der Waals surface area contributed by atoms with Crippen molar-refractivity contribution >= 4 is 16.3 Å². The second-order valence-electron chi connectivity index (χ2n) is 1.82. The van der Waals surface area contributed by atoms with Crippen LogP contribution in [0.2, 0.25) is 4.78 Å². The van der Waals surface area contributed by atoms with Crippen molar-refractivity contribution in [3.63, 3.8) is 0 Å². The van der Waals surface area contributed by atoms with E-state index in [-0.39, 0.29) is 13.2 Å². The van der Waals surface area contributed by atoms with Gasteiger partial charge >= 0.3 is 34.9 Å². The second kappa shape index (κ2) is 22.7. The van der Waals surface area contributed by atoms with Gasteiger partial charge in [0.2, 0.25) is 0 Å². The molecule has 0 bridgehead atoms. The summed E-state index contributed by atoms with van der Waals surface area (Å²) in [5.41, 5.74) is 0. The molecule has 0 aliphatic rings. The first-order valence-corrected chi connectivity index (χ1v) is 4.15. The Hall–Kier alpha value is 0.452. The predicted molar refractivity (Wildman–Crippen MR) is 41.9 cm³/mol. The Morgan fingerprint density at radius 2 is 1.10 bits per heavy atom. The molecule has 0 amide bonds. The Labute approximate surface area is 72.7 Å². The summed E-state index contributed by atoms with van der Waals surface area (Å²) in [4.78, 5) is 0. The van der Waals surface area contributed by atoms with E-state index in [1.54, 1.807) is 13.8 Å². The number of hydrogen-bond acceptors (Lipinski definition) is 2. The minimum atomic E-state index is 0. The van der Waals surface area contributed by atoms with Gasteiger partial charge in [0.1, 0.15) is 0 Å². The molecular weight excluding hydrogens is 143 g/mol. The van der Waals surface area contributed by atoms with E-state index < -0.39 is 0 Å². The summed E-state index contributed by atoms with van der Waals surface area (Å²) in [7, 11) is 0. The van der Waals surface area contributed by atoms with Crippen molar-refractivity contribution < 1.29 is 10.2 Å². The van der Waals surface area contributed by atoms with Crippen LogP contribution >= 0.6 is 0 Å². The Morgan fingerprint density at radius 1 is 1.10 bits per heavy atom. The van der Waals surface area contributed by atoms with Crippen molar-refractivity contribution in [2.24, 2.45) is 0 Å². The molecule has 0 radical (unpaired) electrons. The first-order valence-electron chi connectivity index (χ1n) is 3.48. The summed E-state index contributed by atoms with van der Waals surface area (Å²) < 4.78 is 0.750. The van der Waals surface area contributed by atoms with Gasteiger partial charge in [-0.2, -0.15) is 0 Å². The standard InChI is InChI=1S/C3H7.2C2H5O.Al/c1-3-2;2*1-2-3;/h3H,1-2H3;2*2H2,1H3;/q;2*-1;+2. The number of hydrogen-bond donors (Lipinski definition) is 0. The summed E-state index contributed by atoms with van der Waals surface area (Å²) in [6, 6.07) is 0. The SMILES string of the molecule is CC[O-].CC[O-].C[CH](C)[Al+2]. The van der Waals surface area contributed by atoms with Crippen molar-refractivity contribution in [2.75, 3.05) is 13.2 Å². The molecule has 0 unspecified atom stereocenters. The van der Waals surface area contributed by atoms with Gasteiger partial charge in [-0.1, -0.05) is 13.8 Å². The summed E-state index contributed by atoms with van der Waals surface area (Å²) in [6.45, 7) is 7.40. The molecule has 0 saturated heterocycles. The Bertz CT molecular complexity index is 28.0. The molecule has 2 nitrogen and oxygen atoms in total. The molecule has 0 aliphatic carbocycles. The molecule has 0 aromatic rings. The van der Waals surface area contributed by atoms with Crippen LogP contribution in [0.4, 0.5) is 0 Å². The zero-order valence-electron chi connectivity index (χ0n) is 7.39. The van der Waals surface area contributed by atoms with Crippen molar-refractivity contribution in [3.8, 4) is 0 Å². The minimum absolute atomic E-state index is 0. The zero-order valence-corrected chi connectivity index (χ0v) is 8.54. The maximum atomic E-state index is 8.93. The van der Waals surface area contributed by atoms with Crippen LogP contribution in [0, 0.1) is 0 Å². The summed E-state index contributed by atoms with van der Waals surface area (Å²) >= 11 is 2.66. The van der Waals surface area contributed by atoms with Gasteiger partial charge in [-0.15, -0.1) is 13.2 Å². The van der Waals surface area contributed by atoms with E-state index >= 15 is 0 Å². The van der Waals surface area contributed by atoms with Crippen LogP contribution in [0.15, 0.2) is 0 Å². The van der Waals surface area contributed by atoms with Crippen molar-refractivity contribution in [1.29, 1.82) is 0 Å². The molecule has 0 rings (SSSR count). The van der Waals surface area contributed by atoms with E-state index in [1.807, 2.05) is 0 Å². The fraction of sp³-hybridized carbons (Fsp3) is 1.00. The summed E-state index contributed by atoms with van der Waals surface area (Å²) in [5.74, 6) is 0. The van der Waals surface area contributed by atoms with E-state index in [1.165, 1.54) is 0 Å². The van der Waals surface area contributed by atoms with E-state index in [4.69, 9.17) is 10.2 Å². The second-order valence-corrected chi connectivity index (χ2v) is 3.15. The molecule has 10 heavy (non-hydrogen) atoms. The van der Waals surface area contributed by atoms with Gasteiger partial charge in [0.25, 0.3) is 0 Å². The van der Waals surface area contributed by atoms with Gasteiger partial charge in [-0.25, -0.2) is 0 Å². The van der Waals surface area contributed by atoms with Crippen LogP contribution in [0.3, 0.4) is 0 Å². The molecule has 60 valence electrons. The molecule has 0 saturated carbocycles. The van der Waals surface area contributed by atoms with E-state index in [2.05, 4.69) is 30.1 Å². The van der Waals surface area contributed by atoms with Gasteiger partial charge in [-0.05, 0) is 0 Å². The Balaban J connectivity index is -0.0000000750.